The van der Waals surface area contributed by atoms with Gasteiger partial charge < -0.3 is 24.8 Å². The molecule has 1 unspecified atom stereocenters. The third kappa shape index (κ3) is 5.57. The van der Waals surface area contributed by atoms with Crippen molar-refractivity contribution in [1.29, 1.82) is 0 Å². The predicted octanol–water partition coefficient (Wildman–Crippen LogP) is 0.981. The molecular weight excluding hydrogens is 395 g/mol. The topological polar surface area (TPSA) is 0 Å². The van der Waals surface area contributed by atoms with Gasteiger partial charge in [-0.2, -0.15) is 0 Å². The second kappa shape index (κ2) is 9.08. The maximum atomic E-state index is 2.57. The van der Waals surface area contributed by atoms with Crippen LogP contribution in [0.5, 0.6) is 0 Å². The van der Waals surface area contributed by atoms with Crippen molar-refractivity contribution in [2.45, 2.75) is 75.7 Å². The Balaban J connectivity index is 0.00000312. The first-order valence-corrected chi connectivity index (χ1v) is 11.7. The first-order chi connectivity index (χ1) is 10.8. The second-order valence-electron chi connectivity index (χ2n) is 9.89. The minimum atomic E-state index is -1.53. The van der Waals surface area contributed by atoms with Gasteiger partial charge in [0.15, 0.2) is 0 Å². The quantitative estimate of drug-likeness (QED) is 0.573. The van der Waals surface area contributed by atoms with E-state index in [1.807, 2.05) is 0 Å². The molecule has 2 rings (SSSR count). The molecule has 0 aromatic heterocycles. The molecule has 0 bridgehead atoms. The summed E-state index contributed by atoms with van der Waals surface area (Å²) in [6.45, 7) is 23.6. The summed E-state index contributed by atoms with van der Waals surface area (Å²) in [5.41, 5.74) is 5.27. The van der Waals surface area contributed by atoms with Crippen LogP contribution in [0.4, 0.5) is 0 Å². The van der Waals surface area contributed by atoms with Crippen LogP contribution in [0.2, 0.25) is 0 Å². The van der Waals surface area contributed by atoms with Gasteiger partial charge in [-0.05, 0) is 0 Å². The molecule has 0 heterocycles. The van der Waals surface area contributed by atoms with E-state index in [4.69, 9.17) is 0 Å². The van der Waals surface area contributed by atoms with Crippen molar-refractivity contribution in [3.8, 4) is 0 Å². The molecule has 0 aliphatic heterocycles. The van der Waals surface area contributed by atoms with Crippen molar-refractivity contribution in [1.82, 2.24) is 0 Å². The average molecular weight is 431 g/mol. The normalized spacial score (nSPS) is 19.7. The Labute approximate surface area is 180 Å². The van der Waals surface area contributed by atoms with Crippen molar-refractivity contribution in [2.75, 3.05) is 0 Å². The monoisotopic (exact) mass is 430 g/mol. The summed E-state index contributed by atoms with van der Waals surface area (Å²) in [5.74, 6) is 0.614. The van der Waals surface area contributed by atoms with Gasteiger partial charge in [-0.1, -0.05) is 0 Å². The summed E-state index contributed by atoms with van der Waals surface area (Å²) >= 11 is -1.53. The van der Waals surface area contributed by atoms with Crippen LogP contribution in [0.25, 0.3) is 0 Å². The van der Waals surface area contributed by atoms with Crippen molar-refractivity contribution < 1.29 is 42.2 Å². The van der Waals surface area contributed by atoms with Crippen LogP contribution in [0, 0.1) is 16.7 Å². The summed E-state index contributed by atoms with van der Waals surface area (Å²) in [6, 6.07) is 0. The molecule has 0 aromatic carbocycles. The third-order valence-corrected chi connectivity index (χ3v) is 10.6. The molecule has 0 aromatic rings. The van der Waals surface area contributed by atoms with E-state index < -0.39 is 17.4 Å². The minimum absolute atomic E-state index is 0. The number of rotatable bonds is 2. The van der Waals surface area contributed by atoms with Crippen molar-refractivity contribution in [2.24, 2.45) is 16.7 Å². The van der Waals surface area contributed by atoms with Gasteiger partial charge in [-0.15, -0.1) is 0 Å². The molecule has 0 N–H and O–H groups in total. The Morgan fingerprint density at radius 2 is 1.50 bits per heavy atom. The molecule has 0 spiro atoms. The number of hydrogen-bond donors (Lipinski definition) is 0. The maximum absolute atomic E-state index is 2.57. The van der Waals surface area contributed by atoms with E-state index in [-0.39, 0.29) is 30.2 Å². The van der Waals surface area contributed by atoms with Crippen LogP contribution in [0.3, 0.4) is 0 Å². The third-order valence-electron chi connectivity index (χ3n) is 5.38. The number of hydrogen-bond acceptors (Lipinski definition) is 0. The van der Waals surface area contributed by atoms with Crippen LogP contribution in [0.15, 0.2) is 42.7 Å². The molecule has 2 aliphatic rings. The van der Waals surface area contributed by atoms with E-state index in [1.54, 1.807) is 22.7 Å². The van der Waals surface area contributed by atoms with Crippen molar-refractivity contribution >= 4 is 3.81 Å². The van der Waals surface area contributed by atoms with Gasteiger partial charge in [0.1, 0.15) is 0 Å². The Bertz CT molecular complexity index is 697. The predicted molar refractivity (Wildman–Crippen MR) is 106 cm³/mol. The Kier molecular flexibility index (Phi) is 9.13. The maximum Gasteiger partial charge on any atom is -1.00 e. The first kappa shape index (κ1) is 26.1. The van der Waals surface area contributed by atoms with Crippen LogP contribution in [-0.4, -0.2) is 3.81 Å². The molecule has 146 valence electrons. The molecule has 0 nitrogen and oxygen atoms in total. The molecule has 2 aliphatic carbocycles. The molecule has 1 atom stereocenters. The fraction of sp³-hybridized carbons (Fsp3) is 0.609. The van der Waals surface area contributed by atoms with E-state index in [2.05, 4.69) is 87.5 Å². The zero-order valence-corrected chi connectivity index (χ0v) is 21.3. The van der Waals surface area contributed by atoms with Gasteiger partial charge >= 0.3 is 156 Å². The van der Waals surface area contributed by atoms with Gasteiger partial charge in [0, 0.05) is 0 Å². The molecule has 0 fully saturated rings. The van der Waals surface area contributed by atoms with E-state index >= 15 is 0 Å². The van der Waals surface area contributed by atoms with Crippen LogP contribution >= 0.6 is 0 Å². The standard InChI is InChI=1S/2C10H15.C3H6.2ClH.Ti/c2*1-8-5-6-9(7-8)10(2,3)4;1-3-2;;;/h7H,6H2,1-4H3;6-8H,1-4H3;1-2H3;2*1H;/q;;;;;+2/p-2. The number of halogens is 2. The van der Waals surface area contributed by atoms with Gasteiger partial charge in [0.25, 0.3) is 0 Å². The fourth-order valence-electron chi connectivity index (χ4n) is 3.73. The zero-order chi connectivity index (χ0) is 18.4. The summed E-state index contributed by atoms with van der Waals surface area (Å²) in [7, 11) is 0. The minimum Gasteiger partial charge on any atom is -1.00 e. The molecule has 3 heteroatoms. The van der Waals surface area contributed by atoms with Crippen LogP contribution < -0.4 is 24.8 Å². The van der Waals surface area contributed by atoms with Gasteiger partial charge in [-0.3, -0.25) is 0 Å². The molecule has 0 radical (unpaired) electrons. The van der Waals surface area contributed by atoms with Crippen molar-refractivity contribution in [3.05, 3.63) is 42.7 Å². The summed E-state index contributed by atoms with van der Waals surface area (Å²) in [5, 5.41) is 0. The summed E-state index contributed by atoms with van der Waals surface area (Å²) < 4.78 is 5.24. The van der Waals surface area contributed by atoms with E-state index in [1.165, 1.54) is 12.0 Å². The zero-order valence-electron chi connectivity index (χ0n) is 18.3. The SMILES string of the molecule is CC1=[C]([Ti+2]([C]2=CC(C(C)(C)C)=CC2C)=[C](C)C)CC(C(C)(C)C)=C1.[Cl-].[Cl-]. The fourth-order valence-corrected chi connectivity index (χ4v) is 8.73. The van der Waals surface area contributed by atoms with Gasteiger partial charge in [0.05, 0.1) is 0 Å². The van der Waals surface area contributed by atoms with E-state index in [9.17, 15) is 0 Å². The van der Waals surface area contributed by atoms with Gasteiger partial charge in [-0.25, -0.2) is 0 Å². The molecule has 0 amide bonds. The first-order valence-electron chi connectivity index (χ1n) is 9.35. The van der Waals surface area contributed by atoms with Crippen LogP contribution in [-0.2, 0) is 17.4 Å². The van der Waals surface area contributed by atoms with Crippen molar-refractivity contribution in [3.63, 3.8) is 0 Å². The van der Waals surface area contributed by atoms with Crippen LogP contribution in [0.1, 0.15) is 75.7 Å². The summed E-state index contributed by atoms with van der Waals surface area (Å²) in [6.07, 6.45) is 8.80. The van der Waals surface area contributed by atoms with E-state index in [0.29, 0.717) is 11.3 Å². The molecule has 26 heavy (non-hydrogen) atoms. The smallest absolute Gasteiger partial charge is 1.00 e. The molecule has 0 saturated heterocycles. The molecular formula is C23H36Cl2Ti. The Morgan fingerprint density at radius 3 is 1.85 bits per heavy atom. The van der Waals surface area contributed by atoms with E-state index in [0.717, 1.165) is 0 Å². The molecule has 0 saturated carbocycles. The van der Waals surface area contributed by atoms with Gasteiger partial charge in [0.2, 0.25) is 0 Å². The average Bonchev–Trinajstić information content (AvgIpc) is 2.94. The summed E-state index contributed by atoms with van der Waals surface area (Å²) in [4.78, 5) is 0. The Morgan fingerprint density at radius 1 is 0.962 bits per heavy atom. The Hall–Kier alpha value is 0.124. The second-order valence-corrected chi connectivity index (χ2v) is 14.5. The number of allylic oxidation sites excluding steroid dienone is 8. The largest absolute Gasteiger partial charge is 1.00 e.